The average molecular weight is 351 g/mol. The molecular formula is C19H30N2O2S. The van der Waals surface area contributed by atoms with E-state index in [0.717, 1.165) is 51.7 Å². The number of benzene rings is 1. The number of fused-ring (bicyclic) bond motifs is 1. The minimum absolute atomic E-state index is 0.428. The summed E-state index contributed by atoms with van der Waals surface area (Å²) >= 11 is 0. The van der Waals surface area contributed by atoms with Gasteiger partial charge in [0, 0.05) is 19.6 Å². The van der Waals surface area contributed by atoms with Crippen LogP contribution in [0.1, 0.15) is 50.7 Å². The molecule has 0 amide bonds. The number of unbranched alkanes of at least 4 members (excludes halogenated alkanes) is 2. The van der Waals surface area contributed by atoms with Gasteiger partial charge in [0.1, 0.15) is 0 Å². The molecule has 0 spiro atoms. The van der Waals surface area contributed by atoms with Crippen LogP contribution in [0.2, 0.25) is 0 Å². The van der Waals surface area contributed by atoms with Crippen LogP contribution in [-0.4, -0.2) is 33.0 Å². The topological polar surface area (TPSA) is 49.4 Å². The van der Waals surface area contributed by atoms with E-state index in [1.807, 2.05) is 6.92 Å². The SMILES string of the molecule is CC/C=C(\C)S(=O)(=O)NCCCCCN1CCc2ccccc2C1. The molecule has 1 aliphatic heterocycles. The maximum absolute atomic E-state index is 11.9. The van der Waals surface area contributed by atoms with E-state index in [1.165, 1.54) is 11.1 Å². The fourth-order valence-corrected chi connectivity index (χ4v) is 4.13. The van der Waals surface area contributed by atoms with Gasteiger partial charge in [-0.3, -0.25) is 4.90 Å². The van der Waals surface area contributed by atoms with Crippen molar-refractivity contribution in [1.82, 2.24) is 9.62 Å². The van der Waals surface area contributed by atoms with E-state index in [-0.39, 0.29) is 0 Å². The van der Waals surface area contributed by atoms with Crippen molar-refractivity contribution in [2.45, 2.75) is 52.5 Å². The molecule has 0 bridgehead atoms. The van der Waals surface area contributed by atoms with Gasteiger partial charge in [-0.25, -0.2) is 13.1 Å². The standard InChI is InChI=1S/C19H30N2O2S/c1-3-9-17(2)24(22,23)20-13-7-4-8-14-21-15-12-18-10-5-6-11-19(18)16-21/h5-6,9-11,20H,3-4,7-8,12-16H2,1-2H3/b17-9+. The minimum Gasteiger partial charge on any atom is -0.299 e. The Bertz CT molecular complexity index is 653. The minimum atomic E-state index is -3.26. The van der Waals surface area contributed by atoms with Gasteiger partial charge in [0.15, 0.2) is 0 Å². The normalized spacial score (nSPS) is 16.2. The smallest absolute Gasteiger partial charge is 0.236 e. The summed E-state index contributed by atoms with van der Waals surface area (Å²) in [5, 5.41) is 0. The van der Waals surface area contributed by atoms with Crippen LogP contribution in [-0.2, 0) is 23.0 Å². The van der Waals surface area contributed by atoms with E-state index in [1.54, 1.807) is 13.0 Å². The van der Waals surface area contributed by atoms with Crippen LogP contribution in [0.25, 0.3) is 0 Å². The zero-order chi connectivity index (χ0) is 17.4. The largest absolute Gasteiger partial charge is 0.299 e. The average Bonchev–Trinajstić information content (AvgIpc) is 2.58. The number of rotatable bonds is 9. The molecule has 2 rings (SSSR count). The van der Waals surface area contributed by atoms with Gasteiger partial charge in [-0.1, -0.05) is 43.7 Å². The highest BCUT2D eigenvalue weighted by Crippen LogP contribution is 2.18. The molecule has 0 atom stereocenters. The van der Waals surface area contributed by atoms with Crippen molar-refractivity contribution in [2.75, 3.05) is 19.6 Å². The Morgan fingerprint density at radius 2 is 1.96 bits per heavy atom. The van der Waals surface area contributed by atoms with Gasteiger partial charge in [-0.05, 0) is 50.3 Å². The third-order valence-electron chi connectivity index (χ3n) is 4.57. The molecular weight excluding hydrogens is 320 g/mol. The van der Waals surface area contributed by atoms with Crippen LogP contribution in [0.4, 0.5) is 0 Å². The lowest BCUT2D eigenvalue weighted by Crippen LogP contribution is -2.31. The van der Waals surface area contributed by atoms with Crippen molar-refractivity contribution in [3.8, 4) is 0 Å². The fraction of sp³-hybridized carbons (Fsp3) is 0.579. The number of sulfonamides is 1. The molecule has 0 aromatic heterocycles. The summed E-state index contributed by atoms with van der Waals surface area (Å²) in [5.74, 6) is 0. The van der Waals surface area contributed by atoms with Crippen LogP contribution in [0.15, 0.2) is 35.2 Å². The third-order valence-corrected chi connectivity index (χ3v) is 6.17. The summed E-state index contributed by atoms with van der Waals surface area (Å²) in [6.45, 7) is 7.39. The first-order chi connectivity index (χ1) is 11.5. The van der Waals surface area contributed by atoms with Gasteiger partial charge in [0.25, 0.3) is 0 Å². The molecule has 0 saturated heterocycles. The zero-order valence-electron chi connectivity index (χ0n) is 14.9. The summed E-state index contributed by atoms with van der Waals surface area (Å²) < 4.78 is 26.5. The Kier molecular flexibility index (Phi) is 7.46. The third kappa shape index (κ3) is 5.72. The molecule has 1 N–H and O–H groups in total. The van der Waals surface area contributed by atoms with Crippen molar-refractivity contribution in [3.05, 3.63) is 46.4 Å². The number of allylic oxidation sites excluding steroid dienone is 2. The van der Waals surface area contributed by atoms with Crippen LogP contribution < -0.4 is 4.72 Å². The second-order valence-corrected chi connectivity index (χ2v) is 8.42. The van der Waals surface area contributed by atoms with E-state index in [9.17, 15) is 8.42 Å². The predicted molar refractivity (Wildman–Crippen MR) is 100 cm³/mol. The quantitative estimate of drug-likeness (QED) is 0.694. The van der Waals surface area contributed by atoms with Crippen molar-refractivity contribution in [1.29, 1.82) is 0 Å². The zero-order valence-corrected chi connectivity index (χ0v) is 15.7. The molecule has 1 heterocycles. The van der Waals surface area contributed by atoms with Gasteiger partial charge in [-0.2, -0.15) is 0 Å². The summed E-state index contributed by atoms with van der Waals surface area (Å²) in [4.78, 5) is 2.93. The summed E-state index contributed by atoms with van der Waals surface area (Å²) in [6, 6.07) is 8.69. The van der Waals surface area contributed by atoms with Gasteiger partial charge >= 0.3 is 0 Å². The Labute approximate surface area is 147 Å². The molecule has 5 heteroatoms. The number of nitrogens with one attached hydrogen (secondary N) is 1. The van der Waals surface area contributed by atoms with Crippen LogP contribution in [0.3, 0.4) is 0 Å². The van der Waals surface area contributed by atoms with E-state index >= 15 is 0 Å². The predicted octanol–water partition coefficient (Wildman–Crippen LogP) is 3.45. The summed E-state index contributed by atoms with van der Waals surface area (Å²) in [7, 11) is -3.26. The lowest BCUT2D eigenvalue weighted by Gasteiger charge is -2.28. The Hall–Kier alpha value is -1.17. The van der Waals surface area contributed by atoms with Crippen molar-refractivity contribution in [2.24, 2.45) is 0 Å². The Morgan fingerprint density at radius 1 is 1.21 bits per heavy atom. The summed E-state index contributed by atoms with van der Waals surface area (Å²) in [5.41, 5.74) is 2.94. The highest BCUT2D eigenvalue weighted by molar-refractivity contribution is 7.93. The van der Waals surface area contributed by atoms with Crippen molar-refractivity contribution in [3.63, 3.8) is 0 Å². The first-order valence-electron chi connectivity index (χ1n) is 8.98. The van der Waals surface area contributed by atoms with Crippen molar-refractivity contribution >= 4 is 10.0 Å². The lowest BCUT2D eigenvalue weighted by atomic mass is 10.00. The number of hydrogen-bond acceptors (Lipinski definition) is 3. The molecule has 1 aliphatic rings. The van der Waals surface area contributed by atoms with Gasteiger partial charge in [0.2, 0.25) is 10.0 Å². The first kappa shape index (κ1) is 19.2. The molecule has 1 aromatic carbocycles. The Morgan fingerprint density at radius 3 is 2.71 bits per heavy atom. The molecule has 4 nitrogen and oxygen atoms in total. The van der Waals surface area contributed by atoms with Gasteiger partial charge < -0.3 is 0 Å². The maximum Gasteiger partial charge on any atom is 0.236 e. The lowest BCUT2D eigenvalue weighted by molar-refractivity contribution is 0.248. The molecule has 0 aliphatic carbocycles. The van der Waals surface area contributed by atoms with E-state index in [4.69, 9.17) is 0 Å². The number of nitrogens with zero attached hydrogens (tertiary/aromatic N) is 1. The van der Waals surface area contributed by atoms with Gasteiger partial charge in [-0.15, -0.1) is 0 Å². The molecule has 134 valence electrons. The van der Waals surface area contributed by atoms with Crippen LogP contribution in [0.5, 0.6) is 0 Å². The van der Waals surface area contributed by atoms with Crippen molar-refractivity contribution < 1.29 is 8.42 Å². The van der Waals surface area contributed by atoms with Gasteiger partial charge in [0.05, 0.1) is 4.91 Å². The molecule has 1 aromatic rings. The molecule has 24 heavy (non-hydrogen) atoms. The second kappa shape index (κ2) is 9.35. The van der Waals surface area contributed by atoms with Crippen LogP contribution >= 0.6 is 0 Å². The molecule has 0 fully saturated rings. The monoisotopic (exact) mass is 350 g/mol. The first-order valence-corrected chi connectivity index (χ1v) is 10.5. The molecule has 0 unspecified atom stereocenters. The van der Waals surface area contributed by atoms with Crippen LogP contribution in [0, 0.1) is 0 Å². The summed E-state index contributed by atoms with van der Waals surface area (Å²) in [6.07, 6.45) is 6.69. The molecule has 0 saturated carbocycles. The second-order valence-electron chi connectivity index (χ2n) is 6.48. The fourth-order valence-electron chi connectivity index (χ4n) is 3.10. The van der Waals surface area contributed by atoms with E-state index in [2.05, 4.69) is 33.9 Å². The Balaban J connectivity index is 1.62. The van der Waals surface area contributed by atoms with E-state index in [0.29, 0.717) is 11.4 Å². The highest BCUT2D eigenvalue weighted by atomic mass is 32.2. The van der Waals surface area contributed by atoms with E-state index < -0.39 is 10.0 Å². The highest BCUT2D eigenvalue weighted by Gasteiger charge is 2.15. The molecule has 0 radical (unpaired) electrons. The number of hydrogen-bond donors (Lipinski definition) is 1. The maximum atomic E-state index is 11.9.